The zero-order chi connectivity index (χ0) is 26.0. The maximum Gasteiger partial charge on any atom is 0.274 e. The minimum absolute atomic E-state index is 0.161. The number of nitrogens with zero attached hydrogens (tertiary/aromatic N) is 4. The van der Waals surface area contributed by atoms with Crippen LogP contribution < -0.4 is 5.32 Å². The number of piperidine rings is 1. The summed E-state index contributed by atoms with van der Waals surface area (Å²) in [5.74, 6) is -0.198. The van der Waals surface area contributed by atoms with Gasteiger partial charge in [0.1, 0.15) is 11.2 Å². The van der Waals surface area contributed by atoms with Crippen molar-refractivity contribution in [1.82, 2.24) is 24.9 Å². The Morgan fingerprint density at radius 3 is 2.27 bits per heavy atom. The van der Waals surface area contributed by atoms with Crippen molar-refractivity contribution in [3.63, 3.8) is 0 Å². The number of benzene rings is 2. The minimum atomic E-state index is -1.12. The zero-order valence-electron chi connectivity index (χ0n) is 21.4. The second-order valence-corrected chi connectivity index (χ2v) is 10.3. The lowest BCUT2D eigenvalue weighted by Crippen LogP contribution is -2.62. The molecule has 1 N–H and O–H groups in total. The highest BCUT2D eigenvalue weighted by Gasteiger charge is 2.46. The van der Waals surface area contributed by atoms with Gasteiger partial charge in [-0.05, 0) is 43.2 Å². The van der Waals surface area contributed by atoms with Crippen molar-refractivity contribution < 1.29 is 14.4 Å². The molecule has 3 aromatic rings. The van der Waals surface area contributed by atoms with Crippen molar-refractivity contribution in [2.75, 3.05) is 20.1 Å². The topological polar surface area (TPSA) is 87.5 Å². The van der Waals surface area contributed by atoms with Gasteiger partial charge in [0.2, 0.25) is 5.91 Å². The summed E-state index contributed by atoms with van der Waals surface area (Å²) in [6.07, 6.45) is 2.90. The molecule has 5 rings (SSSR count). The number of likely N-dealkylation sites (N-methyl/N-ethyl adjacent to an activating group) is 1. The van der Waals surface area contributed by atoms with Crippen LogP contribution in [0.25, 0.3) is 0 Å². The van der Waals surface area contributed by atoms with Gasteiger partial charge in [-0.25, -0.2) is 0 Å². The second kappa shape index (κ2) is 10.2. The van der Waals surface area contributed by atoms with E-state index in [-0.39, 0.29) is 30.0 Å². The standard InChI is InChI=1S/C29H33N5O3/c1-29(28(37)30-19-23-11-7-4-8-12-23)20-34-25(27(36)32(29)2)18-24(31-34)26(35)33-15-13-22(14-16-33)17-21-9-5-3-6-10-21/h3-12,18,22H,13-17,19-20H2,1-2H3,(H,30,37)/t29-/m0/s1. The summed E-state index contributed by atoms with van der Waals surface area (Å²) in [5.41, 5.74) is 1.77. The number of amides is 3. The first-order chi connectivity index (χ1) is 17.8. The van der Waals surface area contributed by atoms with Crippen molar-refractivity contribution in [3.8, 4) is 0 Å². The number of carbonyl (C=O) groups excluding carboxylic acids is 3. The van der Waals surface area contributed by atoms with Gasteiger partial charge in [0, 0.05) is 32.7 Å². The number of hydrogen-bond donors (Lipinski definition) is 1. The molecule has 0 bridgehead atoms. The van der Waals surface area contributed by atoms with Gasteiger partial charge in [-0.3, -0.25) is 19.1 Å². The molecule has 3 heterocycles. The Bertz CT molecular complexity index is 1280. The van der Waals surface area contributed by atoms with Gasteiger partial charge in [-0.1, -0.05) is 60.7 Å². The maximum absolute atomic E-state index is 13.3. The molecule has 2 aliphatic rings. The molecule has 1 saturated heterocycles. The van der Waals surface area contributed by atoms with Gasteiger partial charge in [0.25, 0.3) is 11.8 Å². The molecule has 0 radical (unpaired) electrons. The Labute approximate surface area is 217 Å². The summed E-state index contributed by atoms with van der Waals surface area (Å²) in [6, 6.07) is 21.6. The molecule has 2 aliphatic heterocycles. The number of fused-ring (bicyclic) bond motifs is 1. The van der Waals surface area contributed by atoms with E-state index in [4.69, 9.17) is 0 Å². The summed E-state index contributed by atoms with van der Waals surface area (Å²) in [5, 5.41) is 7.44. The monoisotopic (exact) mass is 499 g/mol. The van der Waals surface area contributed by atoms with E-state index in [0.29, 0.717) is 31.2 Å². The van der Waals surface area contributed by atoms with Crippen LogP contribution in [-0.4, -0.2) is 63.0 Å². The Balaban J connectivity index is 1.24. The molecule has 0 spiro atoms. The lowest BCUT2D eigenvalue weighted by Gasteiger charge is -2.40. The van der Waals surface area contributed by atoms with Gasteiger partial charge in [-0.2, -0.15) is 5.10 Å². The van der Waals surface area contributed by atoms with Crippen molar-refractivity contribution in [3.05, 3.63) is 89.2 Å². The number of aromatic nitrogens is 2. The van der Waals surface area contributed by atoms with Crippen LogP contribution in [0, 0.1) is 5.92 Å². The Morgan fingerprint density at radius 2 is 1.62 bits per heavy atom. The van der Waals surface area contributed by atoms with Crippen LogP contribution in [0.3, 0.4) is 0 Å². The number of carbonyl (C=O) groups is 3. The van der Waals surface area contributed by atoms with Crippen LogP contribution in [-0.2, 0) is 24.3 Å². The molecule has 0 saturated carbocycles. The Kier molecular flexibility index (Phi) is 6.82. The SMILES string of the molecule is CN1C(=O)c2cc(C(=O)N3CCC(Cc4ccccc4)CC3)nn2C[C@@]1(C)C(=O)NCc1ccccc1. The summed E-state index contributed by atoms with van der Waals surface area (Å²) in [7, 11) is 1.62. The first-order valence-corrected chi connectivity index (χ1v) is 12.9. The van der Waals surface area contributed by atoms with Gasteiger partial charge in [0.15, 0.2) is 5.69 Å². The molecule has 2 aromatic carbocycles. The highest BCUT2D eigenvalue weighted by atomic mass is 16.2. The predicted molar refractivity (Wildman–Crippen MR) is 140 cm³/mol. The predicted octanol–water partition coefficient (Wildman–Crippen LogP) is 3.14. The van der Waals surface area contributed by atoms with Crippen LogP contribution in [0.15, 0.2) is 66.7 Å². The minimum Gasteiger partial charge on any atom is -0.350 e. The third-order valence-corrected chi connectivity index (χ3v) is 7.77. The van der Waals surface area contributed by atoms with Gasteiger partial charge >= 0.3 is 0 Å². The third-order valence-electron chi connectivity index (χ3n) is 7.77. The fourth-order valence-electron chi connectivity index (χ4n) is 5.25. The molecule has 1 fully saturated rings. The molecule has 0 unspecified atom stereocenters. The average molecular weight is 500 g/mol. The number of nitrogens with one attached hydrogen (secondary N) is 1. The van der Waals surface area contributed by atoms with Crippen molar-refractivity contribution >= 4 is 17.7 Å². The average Bonchev–Trinajstić information content (AvgIpc) is 3.35. The smallest absolute Gasteiger partial charge is 0.274 e. The van der Waals surface area contributed by atoms with E-state index < -0.39 is 5.54 Å². The van der Waals surface area contributed by atoms with E-state index >= 15 is 0 Å². The van der Waals surface area contributed by atoms with Gasteiger partial charge in [-0.15, -0.1) is 0 Å². The van der Waals surface area contributed by atoms with Crippen molar-refractivity contribution in [2.24, 2.45) is 5.92 Å². The number of rotatable bonds is 6. The molecule has 0 aliphatic carbocycles. The van der Waals surface area contributed by atoms with Crippen molar-refractivity contribution in [1.29, 1.82) is 0 Å². The molecule has 37 heavy (non-hydrogen) atoms. The van der Waals surface area contributed by atoms with Gasteiger partial charge < -0.3 is 15.1 Å². The van der Waals surface area contributed by atoms with E-state index in [9.17, 15) is 14.4 Å². The molecular weight excluding hydrogens is 466 g/mol. The summed E-state index contributed by atoms with van der Waals surface area (Å²) < 4.78 is 1.51. The fraction of sp³-hybridized carbons (Fsp3) is 0.379. The quantitative estimate of drug-likeness (QED) is 0.565. The summed E-state index contributed by atoms with van der Waals surface area (Å²) in [6.45, 7) is 3.62. The van der Waals surface area contributed by atoms with Crippen LogP contribution in [0.2, 0.25) is 0 Å². The van der Waals surface area contributed by atoms with Crippen LogP contribution in [0.5, 0.6) is 0 Å². The molecule has 8 heteroatoms. The Morgan fingerprint density at radius 1 is 1.00 bits per heavy atom. The molecule has 1 atom stereocenters. The first-order valence-electron chi connectivity index (χ1n) is 12.9. The van der Waals surface area contributed by atoms with Crippen LogP contribution in [0.4, 0.5) is 0 Å². The Hall–Kier alpha value is -3.94. The van der Waals surface area contributed by atoms with Crippen LogP contribution >= 0.6 is 0 Å². The third kappa shape index (κ3) is 5.01. The van der Waals surface area contributed by atoms with Crippen LogP contribution in [0.1, 0.15) is 51.9 Å². The van der Waals surface area contributed by atoms with E-state index in [1.807, 2.05) is 41.3 Å². The summed E-state index contributed by atoms with van der Waals surface area (Å²) >= 11 is 0. The molecule has 8 nitrogen and oxygen atoms in total. The van der Waals surface area contributed by atoms with E-state index in [1.54, 1.807) is 20.0 Å². The lowest BCUT2D eigenvalue weighted by molar-refractivity contribution is -0.132. The largest absolute Gasteiger partial charge is 0.350 e. The van der Waals surface area contributed by atoms with E-state index in [1.165, 1.54) is 15.1 Å². The molecule has 1 aromatic heterocycles. The fourth-order valence-corrected chi connectivity index (χ4v) is 5.25. The first kappa shape index (κ1) is 24.7. The number of hydrogen-bond acceptors (Lipinski definition) is 4. The molecule has 192 valence electrons. The number of likely N-dealkylation sites (tertiary alicyclic amines) is 1. The lowest BCUT2D eigenvalue weighted by atomic mass is 9.90. The highest BCUT2D eigenvalue weighted by Crippen LogP contribution is 2.27. The second-order valence-electron chi connectivity index (χ2n) is 10.3. The normalized spacial score (nSPS) is 20.0. The molecular formula is C29H33N5O3. The summed E-state index contributed by atoms with van der Waals surface area (Å²) in [4.78, 5) is 42.9. The maximum atomic E-state index is 13.3. The highest BCUT2D eigenvalue weighted by molar-refractivity contribution is 6.01. The van der Waals surface area contributed by atoms with E-state index in [0.717, 1.165) is 24.8 Å². The van der Waals surface area contributed by atoms with E-state index in [2.05, 4.69) is 34.7 Å². The molecule has 3 amide bonds. The van der Waals surface area contributed by atoms with Gasteiger partial charge in [0.05, 0.1) is 6.54 Å². The van der Waals surface area contributed by atoms with Crippen molar-refractivity contribution in [2.45, 2.75) is 44.8 Å². The zero-order valence-corrected chi connectivity index (χ0v) is 21.4.